The second-order valence-corrected chi connectivity index (χ2v) is 4.59. The maximum atomic E-state index is 12.0. The van der Waals surface area contributed by atoms with Gasteiger partial charge in [-0.25, -0.2) is 0 Å². The van der Waals surface area contributed by atoms with E-state index in [9.17, 15) is 14.4 Å². The Kier molecular flexibility index (Phi) is 5.77. The van der Waals surface area contributed by atoms with Crippen LogP contribution in [0.25, 0.3) is 0 Å². The smallest absolute Gasteiger partial charge is 0.318 e. The standard InChI is InChI=1S/C12H21N3O3/c1-10-5-2-3-8-15(10)12(18)11(17)14(9-16)7-4-6-13/h9-10H,2-8,13H2,1H3. The van der Waals surface area contributed by atoms with Crippen molar-refractivity contribution in [2.24, 2.45) is 5.73 Å². The van der Waals surface area contributed by atoms with Crippen LogP contribution in [0.15, 0.2) is 0 Å². The van der Waals surface area contributed by atoms with Gasteiger partial charge in [-0.05, 0) is 39.2 Å². The minimum atomic E-state index is -0.743. The van der Waals surface area contributed by atoms with E-state index in [1.54, 1.807) is 4.90 Å². The Morgan fingerprint density at radius 3 is 2.72 bits per heavy atom. The lowest BCUT2D eigenvalue weighted by Gasteiger charge is -2.33. The number of nitrogens with two attached hydrogens (primary N) is 1. The van der Waals surface area contributed by atoms with Gasteiger partial charge in [-0.15, -0.1) is 0 Å². The molecular formula is C12H21N3O3. The van der Waals surface area contributed by atoms with Crippen molar-refractivity contribution in [3.05, 3.63) is 0 Å². The summed E-state index contributed by atoms with van der Waals surface area (Å²) >= 11 is 0. The SMILES string of the molecule is CC1CCCCN1C(=O)C(=O)N(C=O)CCCN. The van der Waals surface area contributed by atoms with Crippen LogP contribution in [0.3, 0.4) is 0 Å². The molecule has 6 nitrogen and oxygen atoms in total. The molecule has 0 aromatic carbocycles. The van der Waals surface area contributed by atoms with Crippen LogP contribution in [0, 0.1) is 0 Å². The largest absolute Gasteiger partial charge is 0.332 e. The lowest BCUT2D eigenvalue weighted by atomic mass is 10.0. The number of carbonyl (C=O) groups is 3. The van der Waals surface area contributed by atoms with E-state index >= 15 is 0 Å². The van der Waals surface area contributed by atoms with E-state index in [0.29, 0.717) is 25.9 Å². The number of rotatable bonds is 4. The maximum absolute atomic E-state index is 12.0. The number of hydrogen-bond donors (Lipinski definition) is 1. The highest BCUT2D eigenvalue weighted by Crippen LogP contribution is 2.16. The van der Waals surface area contributed by atoms with Crippen molar-refractivity contribution in [2.45, 2.75) is 38.6 Å². The molecule has 6 heteroatoms. The normalized spacial score (nSPS) is 19.4. The zero-order valence-electron chi connectivity index (χ0n) is 10.8. The van der Waals surface area contributed by atoms with Crippen molar-refractivity contribution < 1.29 is 14.4 Å². The molecule has 1 aliphatic rings. The summed E-state index contributed by atoms with van der Waals surface area (Å²) in [6.45, 7) is 3.10. The third-order valence-electron chi connectivity index (χ3n) is 3.24. The van der Waals surface area contributed by atoms with Crippen molar-refractivity contribution in [3.63, 3.8) is 0 Å². The molecule has 0 spiro atoms. The Labute approximate surface area is 107 Å². The molecule has 1 atom stereocenters. The first-order valence-electron chi connectivity index (χ1n) is 6.38. The maximum Gasteiger partial charge on any atom is 0.318 e. The van der Waals surface area contributed by atoms with E-state index < -0.39 is 11.8 Å². The van der Waals surface area contributed by atoms with Crippen LogP contribution < -0.4 is 5.73 Å². The highest BCUT2D eigenvalue weighted by atomic mass is 16.2. The zero-order chi connectivity index (χ0) is 13.5. The van der Waals surface area contributed by atoms with Gasteiger partial charge in [0.2, 0.25) is 6.41 Å². The molecule has 1 aliphatic heterocycles. The van der Waals surface area contributed by atoms with Crippen LogP contribution in [0.1, 0.15) is 32.6 Å². The number of likely N-dealkylation sites (tertiary alicyclic amines) is 1. The molecule has 1 saturated heterocycles. The third kappa shape index (κ3) is 3.53. The van der Waals surface area contributed by atoms with Crippen LogP contribution in [0.4, 0.5) is 0 Å². The molecule has 0 saturated carbocycles. The average molecular weight is 255 g/mol. The summed E-state index contributed by atoms with van der Waals surface area (Å²) in [5.74, 6) is -1.32. The van der Waals surface area contributed by atoms with Crippen LogP contribution in [-0.4, -0.2) is 53.7 Å². The number of nitrogens with zero attached hydrogens (tertiary/aromatic N) is 2. The van der Waals surface area contributed by atoms with E-state index in [1.165, 1.54) is 0 Å². The van der Waals surface area contributed by atoms with Crippen molar-refractivity contribution >= 4 is 18.2 Å². The Bertz CT molecular complexity index is 320. The summed E-state index contributed by atoms with van der Waals surface area (Å²) in [4.78, 5) is 37.2. The fraction of sp³-hybridized carbons (Fsp3) is 0.750. The molecule has 0 aliphatic carbocycles. The van der Waals surface area contributed by atoms with E-state index in [0.717, 1.165) is 24.2 Å². The molecule has 0 aromatic heterocycles. The molecule has 102 valence electrons. The Balaban J connectivity index is 2.63. The molecule has 1 unspecified atom stereocenters. The van der Waals surface area contributed by atoms with Crippen LogP contribution in [0.5, 0.6) is 0 Å². The summed E-state index contributed by atoms with van der Waals surface area (Å²) in [5.41, 5.74) is 5.32. The molecule has 1 heterocycles. The second-order valence-electron chi connectivity index (χ2n) is 4.59. The fourth-order valence-electron chi connectivity index (χ4n) is 2.11. The number of carbonyl (C=O) groups excluding carboxylic acids is 3. The molecule has 0 radical (unpaired) electrons. The first kappa shape index (κ1) is 14.6. The van der Waals surface area contributed by atoms with Crippen LogP contribution >= 0.6 is 0 Å². The van der Waals surface area contributed by atoms with Gasteiger partial charge in [0.05, 0.1) is 0 Å². The van der Waals surface area contributed by atoms with Crippen molar-refractivity contribution in [3.8, 4) is 0 Å². The number of amides is 3. The number of hydrogen-bond acceptors (Lipinski definition) is 4. The minimum Gasteiger partial charge on any atom is -0.332 e. The third-order valence-corrected chi connectivity index (χ3v) is 3.24. The van der Waals surface area contributed by atoms with E-state index in [1.807, 2.05) is 6.92 Å². The predicted octanol–water partition coefficient (Wildman–Crippen LogP) is -0.279. The lowest BCUT2D eigenvalue weighted by Crippen LogP contribution is -2.50. The quantitative estimate of drug-likeness (QED) is 0.553. The van der Waals surface area contributed by atoms with E-state index in [2.05, 4.69) is 0 Å². The summed E-state index contributed by atoms with van der Waals surface area (Å²) in [7, 11) is 0. The highest BCUT2D eigenvalue weighted by Gasteiger charge is 2.30. The monoisotopic (exact) mass is 255 g/mol. The molecule has 18 heavy (non-hydrogen) atoms. The van der Waals surface area contributed by atoms with Gasteiger partial charge in [0.25, 0.3) is 0 Å². The van der Waals surface area contributed by atoms with E-state index in [4.69, 9.17) is 5.73 Å². The van der Waals surface area contributed by atoms with Gasteiger partial charge in [0.1, 0.15) is 0 Å². The molecule has 0 aromatic rings. The van der Waals surface area contributed by atoms with Crippen molar-refractivity contribution in [1.82, 2.24) is 9.80 Å². The molecule has 1 fully saturated rings. The minimum absolute atomic E-state index is 0.0678. The van der Waals surface area contributed by atoms with Gasteiger partial charge in [-0.1, -0.05) is 0 Å². The van der Waals surface area contributed by atoms with Crippen molar-refractivity contribution in [1.29, 1.82) is 0 Å². The lowest BCUT2D eigenvalue weighted by molar-refractivity contribution is -0.155. The Hall–Kier alpha value is -1.43. The molecule has 1 rings (SSSR count). The van der Waals surface area contributed by atoms with Gasteiger partial charge in [0.15, 0.2) is 0 Å². The summed E-state index contributed by atoms with van der Waals surface area (Å²) in [6, 6.07) is 0.0678. The topological polar surface area (TPSA) is 83.7 Å². The predicted molar refractivity (Wildman–Crippen MR) is 66.5 cm³/mol. The van der Waals surface area contributed by atoms with Gasteiger partial charge in [0, 0.05) is 19.1 Å². The van der Waals surface area contributed by atoms with Gasteiger partial charge >= 0.3 is 11.8 Å². The first-order valence-corrected chi connectivity index (χ1v) is 6.38. The molecule has 0 bridgehead atoms. The highest BCUT2D eigenvalue weighted by molar-refractivity contribution is 6.36. The summed E-state index contributed by atoms with van der Waals surface area (Å²) in [5, 5.41) is 0. The molecule has 3 amide bonds. The van der Waals surface area contributed by atoms with Crippen molar-refractivity contribution in [2.75, 3.05) is 19.6 Å². The average Bonchev–Trinajstić information content (AvgIpc) is 2.39. The molecular weight excluding hydrogens is 234 g/mol. The van der Waals surface area contributed by atoms with Gasteiger partial charge in [-0.2, -0.15) is 0 Å². The van der Waals surface area contributed by atoms with Gasteiger partial charge < -0.3 is 10.6 Å². The molecule has 2 N–H and O–H groups in total. The van der Waals surface area contributed by atoms with Crippen LogP contribution in [-0.2, 0) is 14.4 Å². The van der Waals surface area contributed by atoms with E-state index in [-0.39, 0.29) is 12.6 Å². The Morgan fingerprint density at radius 1 is 1.44 bits per heavy atom. The first-order chi connectivity index (χ1) is 8.61. The number of imide groups is 1. The summed E-state index contributed by atoms with van der Waals surface area (Å²) in [6.07, 6.45) is 3.80. The fourth-order valence-corrected chi connectivity index (χ4v) is 2.11. The Morgan fingerprint density at radius 2 is 2.17 bits per heavy atom. The zero-order valence-corrected chi connectivity index (χ0v) is 10.8. The summed E-state index contributed by atoms with van der Waals surface area (Å²) < 4.78 is 0. The van der Waals surface area contributed by atoms with Crippen LogP contribution in [0.2, 0.25) is 0 Å². The second kappa shape index (κ2) is 7.10. The number of piperidine rings is 1. The van der Waals surface area contributed by atoms with Gasteiger partial charge in [-0.3, -0.25) is 19.3 Å².